The fourth-order valence-corrected chi connectivity index (χ4v) is 3.56. The summed E-state index contributed by atoms with van der Waals surface area (Å²) in [6, 6.07) is 2.05. The highest BCUT2D eigenvalue weighted by atomic mass is 35.5. The smallest absolute Gasteiger partial charge is 0.0932 e. The first-order chi connectivity index (χ1) is 9.74. The zero-order valence-corrected chi connectivity index (χ0v) is 13.3. The van der Waals surface area contributed by atoms with Crippen molar-refractivity contribution in [2.75, 3.05) is 38.6 Å². The molecular weight excluding hydrogens is 296 g/mol. The Morgan fingerprint density at radius 2 is 2.45 bits per heavy atom. The maximum absolute atomic E-state index is 9.13. The number of alkyl halides is 1. The first-order valence-electron chi connectivity index (χ1n) is 6.82. The van der Waals surface area contributed by atoms with Crippen molar-refractivity contribution in [2.24, 2.45) is 0 Å². The normalized spacial score (nSPS) is 20.2. The van der Waals surface area contributed by atoms with Gasteiger partial charge >= 0.3 is 0 Å². The van der Waals surface area contributed by atoms with Gasteiger partial charge in [0.25, 0.3) is 0 Å². The molecule has 0 bridgehead atoms. The monoisotopic (exact) mass is 316 g/mol. The fourth-order valence-electron chi connectivity index (χ4n) is 2.23. The standard InChI is InChI=1S/C14H21ClN2O2S/c1-11-13(8-15)16-3-2-14(11)20-7-5-17-4-6-19-12(9-17)10-18/h2-3,12,18H,4-10H2,1H3. The molecule has 1 atom stereocenters. The number of aliphatic hydroxyl groups excluding tert-OH is 1. The van der Waals surface area contributed by atoms with E-state index in [0.29, 0.717) is 12.5 Å². The van der Waals surface area contributed by atoms with E-state index in [1.807, 2.05) is 24.0 Å². The highest BCUT2D eigenvalue weighted by Crippen LogP contribution is 2.24. The Labute approximate surface area is 129 Å². The second-order valence-electron chi connectivity index (χ2n) is 4.84. The number of aromatic nitrogens is 1. The van der Waals surface area contributed by atoms with Gasteiger partial charge in [0.1, 0.15) is 0 Å². The Bertz CT molecular complexity index is 434. The molecule has 2 rings (SSSR count). The van der Waals surface area contributed by atoms with Crippen molar-refractivity contribution in [1.29, 1.82) is 0 Å². The van der Waals surface area contributed by atoms with E-state index in [2.05, 4.69) is 16.8 Å². The number of hydrogen-bond acceptors (Lipinski definition) is 5. The summed E-state index contributed by atoms with van der Waals surface area (Å²) in [5.41, 5.74) is 2.14. The van der Waals surface area contributed by atoms with Gasteiger partial charge in [-0.25, -0.2) is 0 Å². The number of rotatable bonds is 6. The van der Waals surface area contributed by atoms with Crippen molar-refractivity contribution in [3.05, 3.63) is 23.5 Å². The van der Waals surface area contributed by atoms with Crippen LogP contribution in [-0.2, 0) is 10.6 Å². The quantitative estimate of drug-likeness (QED) is 0.641. The molecule has 20 heavy (non-hydrogen) atoms. The Kier molecular flexibility index (Phi) is 6.58. The van der Waals surface area contributed by atoms with Gasteiger partial charge < -0.3 is 9.84 Å². The topological polar surface area (TPSA) is 45.6 Å². The van der Waals surface area contributed by atoms with Crippen molar-refractivity contribution in [1.82, 2.24) is 9.88 Å². The molecule has 0 aliphatic carbocycles. The van der Waals surface area contributed by atoms with Crippen LogP contribution in [0.15, 0.2) is 17.2 Å². The second kappa shape index (κ2) is 8.20. The average molecular weight is 317 g/mol. The molecule has 0 radical (unpaired) electrons. The molecule has 1 aliphatic heterocycles. The molecule has 1 aliphatic rings. The van der Waals surface area contributed by atoms with Crippen LogP contribution in [0.5, 0.6) is 0 Å². The molecule has 1 N–H and O–H groups in total. The lowest BCUT2D eigenvalue weighted by Crippen LogP contribution is -2.44. The van der Waals surface area contributed by atoms with Gasteiger partial charge in [-0.05, 0) is 18.6 Å². The number of morpholine rings is 1. The second-order valence-corrected chi connectivity index (χ2v) is 6.24. The third-order valence-electron chi connectivity index (χ3n) is 3.48. The number of nitrogens with zero attached hydrogens (tertiary/aromatic N) is 2. The lowest BCUT2D eigenvalue weighted by Gasteiger charge is -2.31. The van der Waals surface area contributed by atoms with Gasteiger partial charge in [-0.3, -0.25) is 9.88 Å². The first-order valence-corrected chi connectivity index (χ1v) is 8.34. The summed E-state index contributed by atoms with van der Waals surface area (Å²) in [6.07, 6.45) is 1.79. The first kappa shape index (κ1) is 16.0. The Hall–Kier alpha value is -0.330. The van der Waals surface area contributed by atoms with E-state index in [4.69, 9.17) is 21.4 Å². The van der Waals surface area contributed by atoms with Crippen LogP contribution in [0, 0.1) is 6.92 Å². The predicted octanol–water partition coefficient (Wildman–Crippen LogP) is 1.91. The molecular formula is C14H21ClN2O2S. The number of thioether (sulfide) groups is 1. The van der Waals surface area contributed by atoms with Crippen molar-refractivity contribution in [2.45, 2.75) is 23.8 Å². The van der Waals surface area contributed by atoms with E-state index in [9.17, 15) is 0 Å². The van der Waals surface area contributed by atoms with E-state index in [1.54, 1.807) is 0 Å². The van der Waals surface area contributed by atoms with Crippen LogP contribution in [0.4, 0.5) is 0 Å². The van der Waals surface area contributed by atoms with Gasteiger partial charge in [-0.2, -0.15) is 0 Å². The molecule has 0 spiro atoms. The molecule has 4 nitrogen and oxygen atoms in total. The van der Waals surface area contributed by atoms with Crippen molar-refractivity contribution >= 4 is 23.4 Å². The number of ether oxygens (including phenoxy) is 1. The molecule has 6 heteroatoms. The van der Waals surface area contributed by atoms with Crippen LogP contribution in [-0.4, -0.2) is 59.7 Å². The minimum atomic E-state index is -0.0285. The number of aliphatic hydroxyl groups is 1. The van der Waals surface area contributed by atoms with Gasteiger partial charge in [0.15, 0.2) is 0 Å². The van der Waals surface area contributed by atoms with E-state index in [0.717, 1.165) is 31.1 Å². The highest BCUT2D eigenvalue weighted by Gasteiger charge is 2.19. The highest BCUT2D eigenvalue weighted by molar-refractivity contribution is 7.99. The van der Waals surface area contributed by atoms with Crippen LogP contribution in [0.2, 0.25) is 0 Å². The Morgan fingerprint density at radius 3 is 3.20 bits per heavy atom. The van der Waals surface area contributed by atoms with E-state index in [1.165, 1.54) is 10.5 Å². The van der Waals surface area contributed by atoms with Gasteiger partial charge in [0.05, 0.1) is 30.9 Å². The third-order valence-corrected chi connectivity index (χ3v) is 4.87. The maximum Gasteiger partial charge on any atom is 0.0932 e. The third kappa shape index (κ3) is 4.33. The van der Waals surface area contributed by atoms with Crippen LogP contribution >= 0.6 is 23.4 Å². The fraction of sp³-hybridized carbons (Fsp3) is 0.643. The van der Waals surface area contributed by atoms with E-state index >= 15 is 0 Å². The summed E-state index contributed by atoms with van der Waals surface area (Å²) >= 11 is 7.71. The summed E-state index contributed by atoms with van der Waals surface area (Å²) in [6.45, 7) is 5.65. The number of hydrogen-bond donors (Lipinski definition) is 1. The van der Waals surface area contributed by atoms with Gasteiger partial charge in [-0.15, -0.1) is 23.4 Å². The summed E-state index contributed by atoms with van der Waals surface area (Å²) in [5.74, 6) is 1.48. The molecule has 0 aromatic carbocycles. The van der Waals surface area contributed by atoms with Gasteiger partial charge in [-0.1, -0.05) is 0 Å². The minimum Gasteiger partial charge on any atom is -0.394 e. The predicted molar refractivity (Wildman–Crippen MR) is 82.5 cm³/mol. The summed E-state index contributed by atoms with van der Waals surface area (Å²) in [5, 5.41) is 9.13. The zero-order valence-electron chi connectivity index (χ0n) is 11.7. The largest absolute Gasteiger partial charge is 0.394 e. The number of pyridine rings is 1. The molecule has 0 amide bonds. The molecule has 1 saturated heterocycles. The molecule has 0 saturated carbocycles. The molecule has 112 valence electrons. The molecule has 2 heterocycles. The molecule has 1 fully saturated rings. The maximum atomic E-state index is 9.13. The molecule has 1 aromatic heterocycles. The Morgan fingerprint density at radius 1 is 1.60 bits per heavy atom. The lowest BCUT2D eigenvalue weighted by atomic mass is 10.2. The SMILES string of the molecule is Cc1c(SCCN2CCOC(CO)C2)ccnc1CCl. The average Bonchev–Trinajstić information content (AvgIpc) is 2.49. The zero-order chi connectivity index (χ0) is 14.4. The Balaban J connectivity index is 1.81. The summed E-state index contributed by atoms with van der Waals surface area (Å²) < 4.78 is 5.45. The van der Waals surface area contributed by atoms with Crippen molar-refractivity contribution in [3.63, 3.8) is 0 Å². The van der Waals surface area contributed by atoms with Crippen LogP contribution < -0.4 is 0 Å². The van der Waals surface area contributed by atoms with Crippen molar-refractivity contribution < 1.29 is 9.84 Å². The van der Waals surface area contributed by atoms with Crippen LogP contribution in [0.1, 0.15) is 11.3 Å². The molecule has 1 unspecified atom stereocenters. The molecule has 1 aromatic rings. The van der Waals surface area contributed by atoms with E-state index < -0.39 is 0 Å². The summed E-state index contributed by atoms with van der Waals surface area (Å²) in [7, 11) is 0. The van der Waals surface area contributed by atoms with Crippen LogP contribution in [0.25, 0.3) is 0 Å². The van der Waals surface area contributed by atoms with E-state index in [-0.39, 0.29) is 12.7 Å². The minimum absolute atomic E-state index is 0.0285. The summed E-state index contributed by atoms with van der Waals surface area (Å²) in [4.78, 5) is 7.87. The lowest BCUT2D eigenvalue weighted by molar-refractivity contribution is -0.0509. The van der Waals surface area contributed by atoms with Gasteiger partial charge in [0, 0.05) is 36.5 Å². The van der Waals surface area contributed by atoms with Crippen molar-refractivity contribution in [3.8, 4) is 0 Å². The van der Waals surface area contributed by atoms with Crippen LogP contribution in [0.3, 0.4) is 0 Å². The van der Waals surface area contributed by atoms with Gasteiger partial charge in [0.2, 0.25) is 0 Å². The number of halogens is 1.